The van der Waals surface area contributed by atoms with Crippen molar-refractivity contribution in [2.45, 2.75) is 43.8 Å². The molecule has 0 bridgehead atoms. The van der Waals surface area contributed by atoms with Gasteiger partial charge in [-0.1, -0.05) is 12.2 Å². The van der Waals surface area contributed by atoms with Crippen LogP contribution < -0.4 is 16.1 Å². The maximum atomic E-state index is 15.2. The minimum absolute atomic E-state index is 0.00976. The number of fused-ring (bicyclic) bond motifs is 5. The number of aromatic nitrogens is 1. The molecule has 2 aliphatic heterocycles. The van der Waals surface area contributed by atoms with Crippen molar-refractivity contribution in [2.75, 3.05) is 11.4 Å². The fraction of sp³-hybridized carbons (Fsp3) is 0.400. The third-order valence-corrected chi connectivity index (χ3v) is 5.88. The summed E-state index contributed by atoms with van der Waals surface area (Å²) < 4.78 is 17.1. The van der Waals surface area contributed by atoms with E-state index in [2.05, 4.69) is 0 Å². The molecular weight excluding hydrogens is 349 g/mol. The number of hydrogen-bond donors (Lipinski definition) is 2. The topological polar surface area (TPSA) is 88.6 Å². The number of carboxylic acid groups (broad SMARTS) is 1. The number of anilines is 1. The van der Waals surface area contributed by atoms with Crippen LogP contribution >= 0.6 is 0 Å². The van der Waals surface area contributed by atoms with Crippen molar-refractivity contribution in [1.82, 2.24) is 4.57 Å². The number of aromatic carboxylic acids is 1. The predicted molar refractivity (Wildman–Crippen MR) is 101 cm³/mol. The van der Waals surface area contributed by atoms with Crippen molar-refractivity contribution in [3.8, 4) is 0 Å². The number of pyridine rings is 1. The maximum absolute atomic E-state index is 15.2. The van der Waals surface area contributed by atoms with Gasteiger partial charge < -0.3 is 20.3 Å². The van der Waals surface area contributed by atoms with E-state index in [-0.39, 0.29) is 29.1 Å². The van der Waals surface area contributed by atoms with Crippen LogP contribution in [0.2, 0.25) is 0 Å². The average Bonchev–Trinajstić information content (AvgIpc) is 3.40. The van der Waals surface area contributed by atoms with Crippen LogP contribution in [0.5, 0.6) is 0 Å². The van der Waals surface area contributed by atoms with E-state index < -0.39 is 17.2 Å². The number of nitrogens with zero attached hydrogens (tertiary/aromatic N) is 2. The van der Waals surface area contributed by atoms with Gasteiger partial charge in [0.15, 0.2) is 0 Å². The first-order chi connectivity index (χ1) is 13.0. The zero-order chi connectivity index (χ0) is 18.9. The van der Waals surface area contributed by atoms with Crippen molar-refractivity contribution in [3.05, 3.63) is 45.5 Å². The third kappa shape index (κ3) is 2.41. The van der Waals surface area contributed by atoms with Crippen molar-refractivity contribution < 1.29 is 14.3 Å². The minimum Gasteiger partial charge on any atom is -0.477 e. The molecule has 2 aromatic rings. The van der Waals surface area contributed by atoms with Gasteiger partial charge in [-0.05, 0) is 31.7 Å². The molecule has 3 N–H and O–H groups in total. The second-order valence-electron chi connectivity index (χ2n) is 7.77. The number of rotatable bonds is 2. The van der Waals surface area contributed by atoms with Crippen molar-refractivity contribution in [2.24, 2.45) is 5.73 Å². The molecule has 7 heteroatoms. The molecule has 2 atom stereocenters. The molecule has 0 radical (unpaired) electrons. The summed E-state index contributed by atoms with van der Waals surface area (Å²) in [6.07, 6.45) is 8.72. The molecule has 0 spiro atoms. The molecule has 3 heterocycles. The van der Waals surface area contributed by atoms with Gasteiger partial charge in [-0.3, -0.25) is 4.79 Å². The molecule has 1 aromatic carbocycles. The van der Waals surface area contributed by atoms with Crippen LogP contribution in [-0.4, -0.2) is 34.3 Å². The summed E-state index contributed by atoms with van der Waals surface area (Å²) >= 11 is 0. The van der Waals surface area contributed by atoms with E-state index in [0.29, 0.717) is 23.3 Å². The highest BCUT2D eigenvalue weighted by molar-refractivity contribution is 5.98. The second kappa shape index (κ2) is 5.66. The Hall–Kier alpha value is -2.67. The van der Waals surface area contributed by atoms with E-state index in [1.54, 1.807) is 0 Å². The number of nitrogens with two attached hydrogens (primary N) is 1. The zero-order valence-electron chi connectivity index (χ0n) is 14.7. The van der Waals surface area contributed by atoms with Gasteiger partial charge in [0.25, 0.3) is 0 Å². The van der Waals surface area contributed by atoms with Crippen molar-refractivity contribution >= 4 is 28.6 Å². The Kier molecular flexibility index (Phi) is 3.46. The molecule has 1 aromatic heterocycles. The van der Waals surface area contributed by atoms with Crippen LogP contribution in [-0.2, 0) is 0 Å². The molecule has 27 heavy (non-hydrogen) atoms. The van der Waals surface area contributed by atoms with Crippen LogP contribution in [0.25, 0.3) is 17.0 Å². The predicted octanol–water partition coefficient (Wildman–Crippen LogP) is 2.50. The highest BCUT2D eigenvalue weighted by atomic mass is 19.1. The number of carboxylic acids is 1. The van der Waals surface area contributed by atoms with E-state index in [0.717, 1.165) is 25.7 Å². The summed E-state index contributed by atoms with van der Waals surface area (Å²) in [7, 11) is 0. The van der Waals surface area contributed by atoms with Gasteiger partial charge in [0.2, 0.25) is 5.43 Å². The molecule has 2 fully saturated rings. The number of benzene rings is 1. The SMILES string of the molecule is N[C@H]1C[C@@H]2CC=Cc3c(c(F)cc4c(=O)c(C(=O)O)cn(C5CC5)c34)N2C1. The van der Waals surface area contributed by atoms with Gasteiger partial charge in [0.05, 0.1) is 16.6 Å². The molecular formula is C20H20FN3O3. The van der Waals surface area contributed by atoms with E-state index in [9.17, 15) is 14.7 Å². The first kappa shape index (κ1) is 16.5. The molecule has 140 valence electrons. The Morgan fingerprint density at radius 3 is 2.78 bits per heavy atom. The lowest BCUT2D eigenvalue weighted by Crippen LogP contribution is -2.31. The fourth-order valence-corrected chi connectivity index (χ4v) is 4.54. The zero-order valence-corrected chi connectivity index (χ0v) is 14.7. The normalized spacial score (nSPS) is 24.0. The number of halogens is 1. The van der Waals surface area contributed by atoms with E-state index in [1.807, 2.05) is 21.6 Å². The Labute approximate surface area is 154 Å². The van der Waals surface area contributed by atoms with Crippen LogP contribution in [0.3, 0.4) is 0 Å². The Bertz CT molecular complexity index is 1070. The first-order valence-electron chi connectivity index (χ1n) is 9.29. The molecule has 1 saturated carbocycles. The van der Waals surface area contributed by atoms with Gasteiger partial charge in [-0.15, -0.1) is 0 Å². The molecule has 1 aliphatic carbocycles. The number of carbonyl (C=O) groups is 1. The quantitative estimate of drug-likeness (QED) is 0.849. The Morgan fingerprint density at radius 2 is 2.07 bits per heavy atom. The lowest BCUT2D eigenvalue weighted by Gasteiger charge is -2.27. The highest BCUT2D eigenvalue weighted by Gasteiger charge is 2.36. The van der Waals surface area contributed by atoms with Gasteiger partial charge in [0, 0.05) is 36.4 Å². The van der Waals surface area contributed by atoms with Crippen molar-refractivity contribution in [3.63, 3.8) is 0 Å². The van der Waals surface area contributed by atoms with Crippen LogP contribution in [0.15, 0.2) is 23.1 Å². The van der Waals surface area contributed by atoms with Crippen LogP contribution in [0.4, 0.5) is 10.1 Å². The smallest absolute Gasteiger partial charge is 0.341 e. The highest BCUT2D eigenvalue weighted by Crippen LogP contribution is 2.43. The lowest BCUT2D eigenvalue weighted by atomic mass is 10.0. The minimum atomic E-state index is -1.28. The van der Waals surface area contributed by atoms with Gasteiger partial charge in [0.1, 0.15) is 11.4 Å². The fourth-order valence-electron chi connectivity index (χ4n) is 4.54. The van der Waals surface area contributed by atoms with Crippen LogP contribution in [0, 0.1) is 5.82 Å². The first-order valence-corrected chi connectivity index (χ1v) is 9.29. The summed E-state index contributed by atoms with van der Waals surface area (Å²) in [4.78, 5) is 26.3. The van der Waals surface area contributed by atoms with Crippen molar-refractivity contribution in [1.29, 1.82) is 0 Å². The molecule has 0 amide bonds. The number of hydrogen-bond acceptors (Lipinski definition) is 4. The van der Waals surface area contributed by atoms with Gasteiger partial charge in [-0.25, -0.2) is 9.18 Å². The monoisotopic (exact) mass is 369 g/mol. The largest absolute Gasteiger partial charge is 0.477 e. The van der Waals surface area contributed by atoms with Gasteiger partial charge in [-0.2, -0.15) is 0 Å². The molecule has 5 rings (SSSR count). The Balaban J connectivity index is 1.88. The molecule has 6 nitrogen and oxygen atoms in total. The third-order valence-electron chi connectivity index (χ3n) is 5.88. The molecule has 1 saturated heterocycles. The van der Waals surface area contributed by atoms with E-state index >= 15 is 4.39 Å². The lowest BCUT2D eigenvalue weighted by molar-refractivity contribution is 0.0695. The molecule has 0 unspecified atom stereocenters. The Morgan fingerprint density at radius 1 is 1.30 bits per heavy atom. The summed E-state index contributed by atoms with van der Waals surface area (Å²) in [5, 5.41) is 9.54. The maximum Gasteiger partial charge on any atom is 0.341 e. The summed E-state index contributed by atoms with van der Waals surface area (Å²) in [5.74, 6) is -1.78. The summed E-state index contributed by atoms with van der Waals surface area (Å²) in [6, 6.07) is 1.49. The summed E-state index contributed by atoms with van der Waals surface area (Å²) in [5.41, 5.74) is 6.93. The molecule has 3 aliphatic rings. The second-order valence-corrected chi connectivity index (χ2v) is 7.77. The van der Waals surface area contributed by atoms with E-state index in [4.69, 9.17) is 5.73 Å². The van der Waals surface area contributed by atoms with Crippen LogP contribution in [0.1, 0.15) is 47.6 Å². The summed E-state index contributed by atoms with van der Waals surface area (Å²) in [6.45, 7) is 0.572. The standard InChI is InChI=1S/C20H20FN3O3/c21-16-7-14-17(24(11-4-5-11)9-15(19(14)25)20(26)27)13-3-1-2-12-6-10(22)8-23(12)18(13)16/h1,3,7,9-12H,2,4-6,8,22H2,(H,26,27)/t10-,12-/m0/s1. The van der Waals surface area contributed by atoms with Gasteiger partial charge >= 0.3 is 5.97 Å². The average molecular weight is 369 g/mol. The van der Waals surface area contributed by atoms with E-state index in [1.165, 1.54) is 12.3 Å².